The molecule has 24 heavy (non-hydrogen) atoms. The van der Waals surface area contributed by atoms with Gasteiger partial charge in [-0.3, -0.25) is 4.79 Å². The van der Waals surface area contributed by atoms with Gasteiger partial charge in [-0.2, -0.15) is 5.26 Å². The van der Waals surface area contributed by atoms with Crippen LogP contribution in [0.1, 0.15) is 34.3 Å². The van der Waals surface area contributed by atoms with Gasteiger partial charge >= 0.3 is 0 Å². The van der Waals surface area contributed by atoms with E-state index in [2.05, 4.69) is 11.4 Å². The minimum Gasteiger partial charge on any atom is -0.393 e. The molecular formula is C20H20N2O2. The third-order valence-electron chi connectivity index (χ3n) is 4.63. The second-order valence-electron chi connectivity index (χ2n) is 6.31. The lowest BCUT2D eigenvalue weighted by atomic mass is 9.75. The summed E-state index contributed by atoms with van der Waals surface area (Å²) in [5.74, 6) is 0.0351. The molecular weight excluding hydrogens is 300 g/mol. The number of nitriles is 1. The van der Waals surface area contributed by atoms with Gasteiger partial charge in [0.1, 0.15) is 0 Å². The van der Waals surface area contributed by atoms with E-state index in [4.69, 9.17) is 0 Å². The molecule has 1 fully saturated rings. The summed E-state index contributed by atoms with van der Waals surface area (Å²) in [5, 5.41) is 21.9. The predicted molar refractivity (Wildman–Crippen MR) is 91.3 cm³/mol. The second kappa shape index (κ2) is 7.29. The molecule has 122 valence electrons. The van der Waals surface area contributed by atoms with Crippen molar-refractivity contribution in [2.24, 2.45) is 5.92 Å². The summed E-state index contributed by atoms with van der Waals surface area (Å²) in [4.78, 5) is 12.6. The van der Waals surface area contributed by atoms with E-state index in [1.165, 1.54) is 0 Å². The number of benzene rings is 2. The summed E-state index contributed by atoms with van der Waals surface area (Å²) in [6.07, 6.45) is 1.87. The Balaban J connectivity index is 1.76. The zero-order valence-corrected chi connectivity index (χ0v) is 13.4. The van der Waals surface area contributed by atoms with Gasteiger partial charge in [0.25, 0.3) is 5.91 Å². The lowest BCUT2D eigenvalue weighted by molar-refractivity contribution is 0.0239. The first-order chi connectivity index (χ1) is 11.7. The summed E-state index contributed by atoms with van der Waals surface area (Å²) in [5.41, 5.74) is 1.93. The third-order valence-corrected chi connectivity index (χ3v) is 4.63. The molecule has 4 nitrogen and oxygen atoms in total. The molecule has 0 aliphatic heterocycles. The van der Waals surface area contributed by atoms with Gasteiger partial charge < -0.3 is 10.4 Å². The van der Waals surface area contributed by atoms with Gasteiger partial charge in [-0.05, 0) is 42.9 Å². The maximum absolute atomic E-state index is 12.6. The van der Waals surface area contributed by atoms with Crippen LogP contribution in [0.5, 0.6) is 0 Å². The molecule has 3 rings (SSSR count). The van der Waals surface area contributed by atoms with Crippen LogP contribution in [-0.4, -0.2) is 23.2 Å². The topological polar surface area (TPSA) is 73.1 Å². The summed E-state index contributed by atoms with van der Waals surface area (Å²) >= 11 is 0. The van der Waals surface area contributed by atoms with Crippen LogP contribution in [0.15, 0.2) is 54.6 Å². The smallest absolute Gasteiger partial charge is 0.252 e. The van der Waals surface area contributed by atoms with Crippen molar-refractivity contribution in [2.45, 2.75) is 31.4 Å². The first kappa shape index (κ1) is 16.2. The standard InChI is InChI=1S/C20H20N2O2/c21-13-15-8-4-5-9-18(15)20(24)22-19(16-11-17(23)12-16)10-14-6-2-1-3-7-14/h1-9,16-17,19,23H,10-12H2,(H,22,24)/t16?,17?,19-/m1/s1. The molecule has 2 aromatic rings. The Bertz CT molecular complexity index is 746. The van der Waals surface area contributed by atoms with Crippen LogP contribution in [0.3, 0.4) is 0 Å². The Morgan fingerprint density at radius 1 is 1.17 bits per heavy atom. The Morgan fingerprint density at radius 2 is 1.83 bits per heavy atom. The van der Waals surface area contributed by atoms with Crippen molar-refractivity contribution in [3.05, 3.63) is 71.3 Å². The molecule has 0 saturated heterocycles. The number of rotatable bonds is 5. The molecule has 2 N–H and O–H groups in total. The molecule has 0 bridgehead atoms. The Labute approximate surface area is 141 Å². The average molecular weight is 320 g/mol. The van der Waals surface area contributed by atoms with E-state index in [9.17, 15) is 15.2 Å². The zero-order chi connectivity index (χ0) is 16.9. The monoisotopic (exact) mass is 320 g/mol. The number of nitrogens with one attached hydrogen (secondary N) is 1. The summed E-state index contributed by atoms with van der Waals surface area (Å²) in [6.45, 7) is 0. The van der Waals surface area contributed by atoms with Gasteiger partial charge in [0.2, 0.25) is 0 Å². The Kier molecular flexibility index (Phi) is 4.93. The van der Waals surface area contributed by atoms with Crippen LogP contribution >= 0.6 is 0 Å². The van der Waals surface area contributed by atoms with Crippen LogP contribution in [0.4, 0.5) is 0 Å². The molecule has 2 aromatic carbocycles. The number of aliphatic hydroxyl groups is 1. The largest absolute Gasteiger partial charge is 0.393 e. The van der Waals surface area contributed by atoms with Crippen molar-refractivity contribution >= 4 is 5.91 Å². The highest BCUT2D eigenvalue weighted by molar-refractivity contribution is 5.96. The zero-order valence-electron chi connectivity index (χ0n) is 13.4. The minimum atomic E-state index is -0.267. The SMILES string of the molecule is N#Cc1ccccc1C(=O)N[C@H](Cc1ccccc1)C1CC(O)C1. The van der Waals surface area contributed by atoms with Crippen LogP contribution in [0.25, 0.3) is 0 Å². The van der Waals surface area contributed by atoms with E-state index in [0.717, 1.165) is 12.0 Å². The van der Waals surface area contributed by atoms with Crippen molar-refractivity contribution in [3.63, 3.8) is 0 Å². The number of carbonyl (C=O) groups is 1. The number of nitrogens with zero attached hydrogens (tertiary/aromatic N) is 1. The number of aliphatic hydroxyl groups excluding tert-OH is 1. The molecule has 0 radical (unpaired) electrons. The van der Waals surface area contributed by atoms with E-state index >= 15 is 0 Å². The number of hydrogen-bond donors (Lipinski definition) is 2. The third kappa shape index (κ3) is 3.64. The Hall–Kier alpha value is -2.64. The summed E-state index contributed by atoms with van der Waals surface area (Å²) < 4.78 is 0. The van der Waals surface area contributed by atoms with E-state index in [1.54, 1.807) is 24.3 Å². The van der Waals surface area contributed by atoms with Crippen molar-refractivity contribution < 1.29 is 9.90 Å². The molecule has 1 atom stereocenters. The highest BCUT2D eigenvalue weighted by atomic mass is 16.3. The quantitative estimate of drug-likeness (QED) is 0.889. The van der Waals surface area contributed by atoms with Crippen molar-refractivity contribution in [1.29, 1.82) is 5.26 Å². The fourth-order valence-corrected chi connectivity index (χ4v) is 3.19. The van der Waals surface area contributed by atoms with Gasteiger partial charge in [-0.15, -0.1) is 0 Å². The van der Waals surface area contributed by atoms with Gasteiger partial charge in [0.05, 0.1) is 23.3 Å². The van der Waals surface area contributed by atoms with Crippen LogP contribution < -0.4 is 5.32 Å². The maximum atomic E-state index is 12.6. The van der Waals surface area contributed by atoms with Crippen molar-refractivity contribution in [1.82, 2.24) is 5.32 Å². The van der Waals surface area contributed by atoms with E-state index < -0.39 is 0 Å². The van der Waals surface area contributed by atoms with E-state index in [1.807, 2.05) is 30.3 Å². The number of amides is 1. The average Bonchev–Trinajstić information content (AvgIpc) is 2.59. The van der Waals surface area contributed by atoms with Gasteiger partial charge in [0.15, 0.2) is 0 Å². The Morgan fingerprint density at radius 3 is 2.50 bits per heavy atom. The lowest BCUT2D eigenvalue weighted by Crippen LogP contribution is -2.48. The number of hydrogen-bond acceptors (Lipinski definition) is 3. The normalized spacial score (nSPS) is 20.5. The molecule has 1 aliphatic carbocycles. The van der Waals surface area contributed by atoms with Crippen LogP contribution in [0, 0.1) is 17.2 Å². The van der Waals surface area contributed by atoms with Crippen LogP contribution in [0.2, 0.25) is 0 Å². The van der Waals surface area contributed by atoms with Crippen LogP contribution in [-0.2, 0) is 6.42 Å². The number of carbonyl (C=O) groups excluding carboxylic acids is 1. The minimum absolute atomic E-state index is 0.0463. The second-order valence-corrected chi connectivity index (χ2v) is 6.31. The van der Waals surface area contributed by atoms with Crippen molar-refractivity contribution in [3.8, 4) is 6.07 Å². The first-order valence-corrected chi connectivity index (χ1v) is 8.19. The van der Waals surface area contributed by atoms with Gasteiger partial charge in [-0.25, -0.2) is 0 Å². The summed E-state index contributed by atoms with van der Waals surface area (Å²) in [6, 6.07) is 18.8. The van der Waals surface area contributed by atoms with Gasteiger partial charge in [0, 0.05) is 6.04 Å². The highest BCUT2D eigenvalue weighted by Gasteiger charge is 2.35. The maximum Gasteiger partial charge on any atom is 0.252 e. The van der Waals surface area contributed by atoms with E-state index in [-0.39, 0.29) is 24.0 Å². The molecule has 4 heteroatoms. The molecule has 0 unspecified atom stereocenters. The molecule has 1 saturated carbocycles. The summed E-state index contributed by atoms with van der Waals surface area (Å²) in [7, 11) is 0. The van der Waals surface area contributed by atoms with Gasteiger partial charge in [-0.1, -0.05) is 42.5 Å². The first-order valence-electron chi connectivity index (χ1n) is 8.19. The molecule has 0 spiro atoms. The fraction of sp³-hybridized carbons (Fsp3) is 0.300. The molecule has 0 aromatic heterocycles. The lowest BCUT2D eigenvalue weighted by Gasteiger charge is -2.38. The van der Waals surface area contributed by atoms with E-state index in [0.29, 0.717) is 24.0 Å². The fourth-order valence-electron chi connectivity index (χ4n) is 3.19. The predicted octanol–water partition coefficient (Wildman–Crippen LogP) is 2.67. The highest BCUT2D eigenvalue weighted by Crippen LogP contribution is 2.32. The van der Waals surface area contributed by atoms with Crippen molar-refractivity contribution in [2.75, 3.05) is 0 Å². The molecule has 1 aliphatic rings. The molecule has 0 heterocycles. The molecule has 1 amide bonds.